The molecule has 5 heteroatoms. The second-order valence-electron chi connectivity index (χ2n) is 2.47. The van der Waals surface area contributed by atoms with Crippen LogP contribution in [0, 0.1) is 6.04 Å². The topological polar surface area (TPSA) is 52.0 Å². The van der Waals surface area contributed by atoms with Crippen LogP contribution in [-0.4, -0.2) is 6.04 Å². The first kappa shape index (κ1) is 12.2. The van der Waals surface area contributed by atoms with Crippen LogP contribution in [0.25, 0.3) is 0 Å². The molecule has 1 atom stereocenters. The van der Waals surface area contributed by atoms with Gasteiger partial charge in [-0.3, -0.25) is 0 Å². The molecule has 0 aromatic rings. The van der Waals surface area contributed by atoms with E-state index in [0.29, 0.717) is 0 Å². The average molecular weight is 379 g/mol. The molecule has 11 heavy (non-hydrogen) atoms. The molecule has 1 rings (SSSR count). The van der Waals surface area contributed by atoms with Crippen molar-refractivity contribution in [2.45, 2.75) is 31.7 Å². The molecule has 1 aliphatic carbocycles. The van der Waals surface area contributed by atoms with Crippen LogP contribution in [0.15, 0.2) is 0 Å². The van der Waals surface area contributed by atoms with Crippen LogP contribution in [0.4, 0.5) is 0 Å². The first-order valence-corrected chi connectivity index (χ1v) is 9.04. The van der Waals surface area contributed by atoms with Gasteiger partial charge in [0.25, 0.3) is 0 Å². The van der Waals surface area contributed by atoms with E-state index in [-0.39, 0.29) is 6.04 Å². The Balaban J connectivity index is 0.000000292. The van der Waals surface area contributed by atoms with Gasteiger partial charge < -0.3 is 11.5 Å². The maximum atomic E-state index is 5.62. The molecule has 70 valence electrons. The first-order valence-electron chi connectivity index (χ1n) is 3.41. The zero-order valence-electron chi connectivity index (χ0n) is 6.13. The second kappa shape index (κ2) is 7.82. The summed E-state index contributed by atoms with van der Waals surface area (Å²) < 4.78 is 0. The Labute approximate surface area is 84.4 Å². The molecule has 4 N–H and O–H groups in total. The summed E-state index contributed by atoms with van der Waals surface area (Å²) in [6.45, 7) is 0. The van der Waals surface area contributed by atoms with Crippen LogP contribution < -0.4 is 11.5 Å². The van der Waals surface area contributed by atoms with E-state index in [1.807, 2.05) is 0 Å². The van der Waals surface area contributed by atoms with Crippen LogP contribution >= 0.6 is 18.8 Å². The summed E-state index contributed by atoms with van der Waals surface area (Å²) >= 11 is -0.472. The van der Waals surface area contributed by atoms with Crippen molar-refractivity contribution < 1.29 is 16.5 Å². The molecule has 0 radical (unpaired) electrons. The fourth-order valence-corrected chi connectivity index (χ4v) is 1.06. The van der Waals surface area contributed by atoms with Crippen molar-refractivity contribution in [1.82, 2.24) is 0 Å². The number of rotatable bonds is 0. The van der Waals surface area contributed by atoms with Crippen LogP contribution in [-0.2, 0) is 16.5 Å². The monoisotopic (exact) mass is 378 g/mol. The summed E-state index contributed by atoms with van der Waals surface area (Å²) in [5, 5.41) is 0. The molecule has 0 amide bonds. The Bertz CT molecular complexity index is 84.7. The molecule has 0 bridgehead atoms. The van der Waals surface area contributed by atoms with Crippen molar-refractivity contribution >= 4 is 18.8 Å². The van der Waals surface area contributed by atoms with E-state index in [9.17, 15) is 0 Å². The number of hydrogen-bond acceptors (Lipinski definition) is 2. The van der Waals surface area contributed by atoms with Gasteiger partial charge in [-0.15, -0.1) is 6.04 Å². The van der Waals surface area contributed by atoms with Gasteiger partial charge in [0.15, 0.2) is 0 Å². The molecule has 1 unspecified atom stereocenters. The number of halogens is 2. The van der Waals surface area contributed by atoms with Crippen LogP contribution in [0.2, 0.25) is 0 Å². The summed E-state index contributed by atoms with van der Waals surface area (Å²) in [5.74, 6) is 0. The van der Waals surface area contributed by atoms with E-state index in [4.69, 9.17) is 30.3 Å². The SMILES string of the molecule is N[C-]1CCCCC1N.[Cl][Pt+2][Cl]. The van der Waals surface area contributed by atoms with E-state index < -0.39 is 16.5 Å². The molecule has 0 aromatic heterocycles. The van der Waals surface area contributed by atoms with E-state index >= 15 is 0 Å². The minimum atomic E-state index is -0.472. The van der Waals surface area contributed by atoms with Crippen molar-refractivity contribution in [3.05, 3.63) is 6.04 Å². The molecule has 0 spiro atoms. The van der Waals surface area contributed by atoms with E-state index in [1.54, 1.807) is 0 Å². The van der Waals surface area contributed by atoms with Crippen LogP contribution in [0.5, 0.6) is 0 Å². The van der Waals surface area contributed by atoms with Gasteiger partial charge in [0, 0.05) is 0 Å². The van der Waals surface area contributed by atoms with Gasteiger partial charge >= 0.3 is 35.3 Å². The Morgan fingerprint density at radius 2 is 1.91 bits per heavy atom. The summed E-state index contributed by atoms with van der Waals surface area (Å²) in [6, 6.07) is 1.19. The molecular weight excluding hydrogens is 366 g/mol. The molecule has 1 saturated carbocycles. The van der Waals surface area contributed by atoms with Gasteiger partial charge in [-0.25, -0.2) is 6.04 Å². The Hall–Kier alpha value is 1.19. The maximum absolute atomic E-state index is 5.62. The Morgan fingerprint density at radius 1 is 1.36 bits per heavy atom. The van der Waals surface area contributed by atoms with Crippen molar-refractivity contribution in [3.8, 4) is 0 Å². The third-order valence-electron chi connectivity index (χ3n) is 1.71. The fraction of sp³-hybridized carbons (Fsp3) is 0.833. The number of hydrogen-bond donors (Lipinski definition) is 2. The van der Waals surface area contributed by atoms with Gasteiger partial charge in [0.05, 0.1) is 0 Å². The third kappa shape index (κ3) is 6.36. The van der Waals surface area contributed by atoms with E-state index in [1.165, 1.54) is 12.8 Å². The third-order valence-corrected chi connectivity index (χ3v) is 1.71. The predicted octanol–water partition coefficient (Wildman–Crippen LogP) is 1.75. The summed E-state index contributed by atoms with van der Waals surface area (Å²) in [6.07, 6.45) is 4.62. The zero-order valence-corrected chi connectivity index (χ0v) is 9.92. The second-order valence-corrected chi connectivity index (χ2v) is 5.76. The van der Waals surface area contributed by atoms with Gasteiger partial charge in [0.1, 0.15) is 0 Å². The molecule has 2 nitrogen and oxygen atoms in total. The van der Waals surface area contributed by atoms with Crippen LogP contribution in [0.1, 0.15) is 25.7 Å². The van der Waals surface area contributed by atoms with Crippen molar-refractivity contribution in [2.24, 2.45) is 11.5 Å². The van der Waals surface area contributed by atoms with Gasteiger partial charge in [-0.1, -0.05) is 19.3 Å². The van der Waals surface area contributed by atoms with Gasteiger partial charge in [-0.2, -0.15) is 6.42 Å². The molecule has 0 saturated heterocycles. The molecule has 0 aromatic carbocycles. The molecule has 0 aliphatic heterocycles. The van der Waals surface area contributed by atoms with E-state index in [0.717, 1.165) is 18.9 Å². The molecule has 1 fully saturated rings. The van der Waals surface area contributed by atoms with Gasteiger partial charge in [-0.05, 0) is 0 Å². The quantitative estimate of drug-likeness (QED) is 0.631. The summed E-state index contributed by atoms with van der Waals surface area (Å²) in [4.78, 5) is 0. The first-order chi connectivity index (χ1) is 5.22. The number of nitrogens with two attached hydrogens (primary N) is 2. The fourth-order valence-electron chi connectivity index (χ4n) is 1.06. The summed E-state index contributed by atoms with van der Waals surface area (Å²) in [5.41, 5.74) is 11.2. The van der Waals surface area contributed by atoms with Crippen molar-refractivity contribution in [1.29, 1.82) is 0 Å². The van der Waals surface area contributed by atoms with Crippen molar-refractivity contribution in [2.75, 3.05) is 0 Å². The molecular formula is C6H13Cl2N2Pt+. The predicted molar refractivity (Wildman–Crippen MR) is 45.6 cm³/mol. The minimum absolute atomic E-state index is 0.198. The standard InChI is InChI=1S/C6H13N2.2ClH.Pt/c7-5-3-1-2-4-6(5)8;;;/h5H,1-4,7-8H2;2*1H;/q-1;;;+4/p-2. The Kier molecular flexibility index (Phi) is 8.66. The summed E-state index contributed by atoms with van der Waals surface area (Å²) in [7, 11) is 9.75. The average Bonchev–Trinajstić information content (AvgIpc) is 1.97. The Morgan fingerprint density at radius 3 is 2.18 bits per heavy atom. The zero-order chi connectivity index (χ0) is 8.69. The molecule has 0 heterocycles. The van der Waals surface area contributed by atoms with Crippen LogP contribution in [0.3, 0.4) is 0 Å². The van der Waals surface area contributed by atoms with Gasteiger partial charge in [0.2, 0.25) is 0 Å². The normalized spacial score (nSPS) is 26.0. The van der Waals surface area contributed by atoms with E-state index in [2.05, 4.69) is 0 Å². The van der Waals surface area contributed by atoms with Crippen molar-refractivity contribution in [3.63, 3.8) is 0 Å². The molecule has 1 aliphatic rings.